The molecule has 2 atom stereocenters. The maximum Gasteiger partial charge on any atom is 0.307 e. The highest BCUT2D eigenvalue weighted by Gasteiger charge is 2.40. The first-order chi connectivity index (χ1) is 8.80. The van der Waals surface area contributed by atoms with Gasteiger partial charge in [0.1, 0.15) is 5.82 Å². The molecule has 2 rings (SSSR count). The predicted octanol–water partition coefficient (Wildman–Crippen LogP) is 4.47. The van der Waals surface area contributed by atoms with Gasteiger partial charge in [0, 0.05) is 10.9 Å². The summed E-state index contributed by atoms with van der Waals surface area (Å²) in [6.07, 6.45) is 2.13. The van der Waals surface area contributed by atoms with Crippen molar-refractivity contribution in [2.45, 2.75) is 39.0 Å². The van der Waals surface area contributed by atoms with Crippen LogP contribution in [0.25, 0.3) is 0 Å². The molecule has 1 fully saturated rings. The second-order valence-electron chi connectivity index (χ2n) is 6.12. The minimum atomic E-state index is -0.838. The molecular formula is C15H18ClFO2. The number of aliphatic carboxylic acids is 1. The van der Waals surface area contributed by atoms with Gasteiger partial charge in [0.15, 0.2) is 0 Å². The van der Waals surface area contributed by atoms with Crippen LogP contribution in [0.3, 0.4) is 0 Å². The van der Waals surface area contributed by atoms with Gasteiger partial charge in [-0.15, -0.1) is 0 Å². The van der Waals surface area contributed by atoms with E-state index >= 15 is 0 Å². The lowest BCUT2D eigenvalue weighted by Gasteiger charge is -2.39. The molecule has 1 aliphatic carbocycles. The summed E-state index contributed by atoms with van der Waals surface area (Å²) in [5.74, 6) is -2.03. The highest BCUT2D eigenvalue weighted by atomic mass is 35.5. The fraction of sp³-hybridized carbons (Fsp3) is 0.533. The SMILES string of the molecule is CC1(C)CCC(C(=O)O)C(c2ccc(Cl)cc2F)C1. The molecule has 19 heavy (non-hydrogen) atoms. The fourth-order valence-corrected chi connectivity index (χ4v) is 3.17. The fourth-order valence-electron chi connectivity index (χ4n) is 3.01. The summed E-state index contributed by atoms with van der Waals surface area (Å²) in [5.41, 5.74) is 0.521. The van der Waals surface area contributed by atoms with Crippen molar-refractivity contribution in [3.63, 3.8) is 0 Å². The van der Waals surface area contributed by atoms with Crippen molar-refractivity contribution in [3.8, 4) is 0 Å². The molecule has 2 unspecified atom stereocenters. The van der Waals surface area contributed by atoms with E-state index in [-0.39, 0.29) is 11.3 Å². The van der Waals surface area contributed by atoms with Gasteiger partial charge in [0.05, 0.1) is 5.92 Å². The number of hydrogen-bond donors (Lipinski definition) is 1. The smallest absolute Gasteiger partial charge is 0.307 e. The Balaban J connectivity index is 2.39. The molecule has 1 N–H and O–H groups in total. The first kappa shape index (κ1) is 14.3. The Hall–Kier alpha value is -1.09. The molecule has 0 saturated heterocycles. The molecule has 0 amide bonds. The van der Waals surface area contributed by atoms with Crippen molar-refractivity contribution in [2.75, 3.05) is 0 Å². The van der Waals surface area contributed by atoms with Crippen LogP contribution in [0.1, 0.15) is 44.6 Å². The Morgan fingerprint density at radius 2 is 2.16 bits per heavy atom. The lowest BCUT2D eigenvalue weighted by molar-refractivity contribution is -0.144. The molecule has 1 aromatic rings. The van der Waals surface area contributed by atoms with Gasteiger partial charge in [-0.3, -0.25) is 4.79 Å². The molecule has 1 aliphatic rings. The van der Waals surface area contributed by atoms with Crippen molar-refractivity contribution in [3.05, 3.63) is 34.6 Å². The molecular weight excluding hydrogens is 267 g/mol. The van der Waals surface area contributed by atoms with E-state index in [9.17, 15) is 14.3 Å². The van der Waals surface area contributed by atoms with Crippen molar-refractivity contribution in [2.24, 2.45) is 11.3 Å². The first-order valence-corrected chi connectivity index (χ1v) is 6.86. The monoisotopic (exact) mass is 284 g/mol. The van der Waals surface area contributed by atoms with E-state index in [4.69, 9.17) is 11.6 Å². The zero-order valence-electron chi connectivity index (χ0n) is 11.1. The van der Waals surface area contributed by atoms with E-state index < -0.39 is 17.7 Å². The number of halogens is 2. The van der Waals surface area contributed by atoms with Gasteiger partial charge in [-0.1, -0.05) is 31.5 Å². The molecule has 1 aromatic carbocycles. The molecule has 0 bridgehead atoms. The average molecular weight is 285 g/mol. The summed E-state index contributed by atoms with van der Waals surface area (Å²) in [5, 5.41) is 9.67. The summed E-state index contributed by atoms with van der Waals surface area (Å²) in [7, 11) is 0. The number of carboxylic acids is 1. The lowest BCUT2D eigenvalue weighted by Crippen LogP contribution is -2.33. The number of carbonyl (C=O) groups is 1. The Morgan fingerprint density at radius 1 is 1.47 bits per heavy atom. The quantitative estimate of drug-likeness (QED) is 0.870. The summed E-state index contributed by atoms with van der Waals surface area (Å²) in [4.78, 5) is 11.4. The van der Waals surface area contributed by atoms with E-state index in [1.165, 1.54) is 6.07 Å². The summed E-state index contributed by atoms with van der Waals surface area (Å²) >= 11 is 5.75. The van der Waals surface area contributed by atoms with Gasteiger partial charge in [-0.05, 0) is 42.4 Å². The molecule has 104 valence electrons. The molecule has 2 nitrogen and oxygen atoms in total. The van der Waals surface area contributed by atoms with E-state index in [0.29, 0.717) is 23.4 Å². The molecule has 0 heterocycles. The number of benzene rings is 1. The van der Waals surface area contributed by atoms with Crippen LogP contribution in [0.15, 0.2) is 18.2 Å². The van der Waals surface area contributed by atoms with Gasteiger partial charge in [-0.25, -0.2) is 4.39 Å². The van der Waals surface area contributed by atoms with E-state index in [1.54, 1.807) is 12.1 Å². The van der Waals surface area contributed by atoms with Gasteiger partial charge >= 0.3 is 5.97 Å². The van der Waals surface area contributed by atoms with Crippen LogP contribution in [0.2, 0.25) is 5.02 Å². The van der Waals surface area contributed by atoms with E-state index in [0.717, 1.165) is 6.42 Å². The summed E-state index contributed by atoms with van der Waals surface area (Å²) in [6, 6.07) is 4.51. The van der Waals surface area contributed by atoms with Crippen LogP contribution in [0.4, 0.5) is 4.39 Å². The van der Waals surface area contributed by atoms with Gasteiger partial charge in [-0.2, -0.15) is 0 Å². The third-order valence-electron chi connectivity index (χ3n) is 4.07. The van der Waals surface area contributed by atoms with E-state index in [2.05, 4.69) is 13.8 Å². The zero-order chi connectivity index (χ0) is 14.2. The average Bonchev–Trinajstić information content (AvgIpc) is 2.27. The first-order valence-electron chi connectivity index (χ1n) is 6.48. The van der Waals surface area contributed by atoms with Gasteiger partial charge in [0.25, 0.3) is 0 Å². The van der Waals surface area contributed by atoms with Crippen molar-refractivity contribution in [1.82, 2.24) is 0 Å². The van der Waals surface area contributed by atoms with Crippen LogP contribution >= 0.6 is 11.6 Å². The summed E-state index contributed by atoms with van der Waals surface area (Å²) in [6.45, 7) is 4.21. The molecule has 4 heteroatoms. The van der Waals surface area contributed by atoms with E-state index in [1.807, 2.05) is 0 Å². The Kier molecular flexibility index (Phi) is 3.86. The second-order valence-corrected chi connectivity index (χ2v) is 6.56. The molecule has 0 aromatic heterocycles. The second kappa shape index (κ2) is 5.12. The van der Waals surface area contributed by atoms with Crippen LogP contribution in [0, 0.1) is 17.2 Å². The Bertz CT molecular complexity index is 499. The van der Waals surface area contributed by atoms with Crippen molar-refractivity contribution < 1.29 is 14.3 Å². The third kappa shape index (κ3) is 3.08. The molecule has 1 saturated carbocycles. The number of carboxylic acid groups (broad SMARTS) is 1. The lowest BCUT2D eigenvalue weighted by atomic mass is 9.65. The number of hydrogen-bond acceptors (Lipinski definition) is 1. The minimum absolute atomic E-state index is 0.0443. The summed E-state index contributed by atoms with van der Waals surface area (Å²) < 4.78 is 14.0. The Morgan fingerprint density at radius 3 is 2.74 bits per heavy atom. The van der Waals surface area contributed by atoms with Crippen LogP contribution in [-0.4, -0.2) is 11.1 Å². The standard InChI is InChI=1S/C15H18ClFO2/c1-15(2)6-5-11(14(18)19)12(8-15)10-4-3-9(16)7-13(10)17/h3-4,7,11-12H,5-6,8H2,1-2H3,(H,18,19). The van der Waals surface area contributed by atoms with Gasteiger partial charge < -0.3 is 5.11 Å². The van der Waals surface area contributed by atoms with Crippen LogP contribution < -0.4 is 0 Å². The largest absolute Gasteiger partial charge is 0.481 e. The predicted molar refractivity (Wildman–Crippen MR) is 72.9 cm³/mol. The minimum Gasteiger partial charge on any atom is -0.481 e. The van der Waals surface area contributed by atoms with Crippen molar-refractivity contribution in [1.29, 1.82) is 0 Å². The van der Waals surface area contributed by atoms with Crippen LogP contribution in [0.5, 0.6) is 0 Å². The third-order valence-corrected chi connectivity index (χ3v) is 4.30. The zero-order valence-corrected chi connectivity index (χ0v) is 11.9. The molecule has 0 radical (unpaired) electrons. The van der Waals surface area contributed by atoms with Gasteiger partial charge in [0.2, 0.25) is 0 Å². The maximum atomic E-state index is 14.0. The molecule has 0 spiro atoms. The highest BCUT2D eigenvalue weighted by Crippen LogP contribution is 2.47. The topological polar surface area (TPSA) is 37.3 Å². The van der Waals surface area contributed by atoms with Crippen molar-refractivity contribution >= 4 is 17.6 Å². The molecule has 0 aliphatic heterocycles. The Labute approximate surface area is 117 Å². The number of rotatable bonds is 2. The normalized spacial score (nSPS) is 26.1. The van der Waals surface area contributed by atoms with Crippen LogP contribution in [-0.2, 0) is 4.79 Å². The maximum absolute atomic E-state index is 14.0. The highest BCUT2D eigenvalue weighted by molar-refractivity contribution is 6.30.